The number of para-hydroxylation sites is 1. The number of nitrogens with two attached hydrogens (primary N) is 1. The van der Waals surface area contributed by atoms with Gasteiger partial charge in [-0.15, -0.1) is 0 Å². The van der Waals surface area contributed by atoms with E-state index in [1.165, 1.54) is 19.4 Å². The number of nitrogens with one attached hydrogen (secondary N) is 3. The van der Waals surface area contributed by atoms with Crippen LogP contribution in [0.15, 0.2) is 18.2 Å². The van der Waals surface area contributed by atoms with Crippen LogP contribution in [0, 0.1) is 17.3 Å². The maximum Gasteiger partial charge on any atom is 0.340 e. The lowest BCUT2D eigenvalue weighted by molar-refractivity contribution is -0.124. The summed E-state index contributed by atoms with van der Waals surface area (Å²) in [6.45, 7) is 11.8. The van der Waals surface area contributed by atoms with Crippen molar-refractivity contribution >= 4 is 23.3 Å². The van der Waals surface area contributed by atoms with E-state index >= 15 is 0 Å². The molecule has 33 heavy (non-hydrogen) atoms. The van der Waals surface area contributed by atoms with Crippen molar-refractivity contribution in [1.82, 2.24) is 10.2 Å². The number of hydrogen-bond donors (Lipinski definition) is 4. The molecule has 3 aliphatic rings. The van der Waals surface area contributed by atoms with Gasteiger partial charge in [-0.2, -0.15) is 0 Å². The minimum absolute atomic E-state index is 0.368. The summed E-state index contributed by atoms with van der Waals surface area (Å²) >= 11 is 0. The quantitative estimate of drug-likeness (QED) is 0.486. The minimum atomic E-state index is -1.17. The van der Waals surface area contributed by atoms with Gasteiger partial charge in [-0.25, -0.2) is 4.79 Å². The molecule has 0 saturated carbocycles. The normalized spacial score (nSPS) is 24.6. The fourth-order valence-corrected chi connectivity index (χ4v) is 5.29. The van der Waals surface area contributed by atoms with E-state index < -0.39 is 17.0 Å². The minimum Gasteiger partial charge on any atom is -0.462 e. The molecule has 182 valence electrons. The number of piperidine rings is 2. The highest BCUT2D eigenvalue weighted by atomic mass is 16.5. The molecule has 3 aliphatic heterocycles. The molecule has 0 aromatic heterocycles. The molecule has 3 heterocycles. The third-order valence-electron chi connectivity index (χ3n) is 7.55. The highest BCUT2D eigenvalue weighted by Gasteiger charge is 2.52. The van der Waals surface area contributed by atoms with Crippen molar-refractivity contribution in [2.75, 3.05) is 50.0 Å². The average molecular weight is 458 g/mol. The number of likely N-dealkylation sites (tertiary alicyclic amines) is 1. The predicted octanol–water partition coefficient (Wildman–Crippen LogP) is 2.62. The molecule has 1 atom stereocenters. The summed E-state index contributed by atoms with van der Waals surface area (Å²) in [4.78, 5) is 27.9. The predicted molar refractivity (Wildman–Crippen MR) is 130 cm³/mol. The Morgan fingerprint density at radius 3 is 2.42 bits per heavy atom. The van der Waals surface area contributed by atoms with E-state index in [2.05, 4.69) is 20.9 Å². The van der Waals surface area contributed by atoms with Gasteiger partial charge in [-0.1, -0.05) is 26.8 Å². The van der Waals surface area contributed by atoms with E-state index in [0.717, 1.165) is 44.9 Å². The van der Waals surface area contributed by atoms with E-state index in [9.17, 15) is 9.59 Å². The third kappa shape index (κ3) is 4.96. The summed E-state index contributed by atoms with van der Waals surface area (Å²) in [5.74, 6) is 0.317. The van der Waals surface area contributed by atoms with E-state index in [1.54, 1.807) is 12.1 Å². The van der Waals surface area contributed by atoms with Gasteiger partial charge in [0, 0.05) is 12.0 Å². The molecule has 1 amide bonds. The number of fused-ring (bicyclic) bond motifs is 1. The molecule has 0 bridgehead atoms. The van der Waals surface area contributed by atoms with Gasteiger partial charge in [0.05, 0.1) is 23.5 Å². The van der Waals surface area contributed by atoms with E-state index in [0.29, 0.717) is 29.5 Å². The number of nitrogens with zero attached hydrogens (tertiary/aromatic N) is 1. The van der Waals surface area contributed by atoms with Crippen LogP contribution in [0.2, 0.25) is 0 Å². The molecule has 2 fully saturated rings. The maximum atomic E-state index is 13.0. The number of rotatable bonds is 6. The summed E-state index contributed by atoms with van der Waals surface area (Å²) in [6.07, 6.45) is 4.65. The molecule has 0 spiro atoms. The van der Waals surface area contributed by atoms with Gasteiger partial charge in [0.15, 0.2) is 5.66 Å². The number of ether oxygens (including phenoxy) is 1. The van der Waals surface area contributed by atoms with Gasteiger partial charge in [-0.3, -0.25) is 4.79 Å². The summed E-state index contributed by atoms with van der Waals surface area (Å²) < 4.78 is 5.74. The number of carbonyl (C=O) groups excluding carboxylic acids is 2. The Labute approximate surface area is 197 Å². The Morgan fingerprint density at radius 2 is 1.79 bits per heavy atom. The summed E-state index contributed by atoms with van der Waals surface area (Å²) in [7, 11) is 0. The van der Waals surface area contributed by atoms with Crippen LogP contribution in [-0.2, 0) is 9.53 Å². The summed E-state index contributed by atoms with van der Waals surface area (Å²) in [6, 6.07) is 5.37. The summed E-state index contributed by atoms with van der Waals surface area (Å²) in [5, 5.41) is 9.88. The monoisotopic (exact) mass is 457 g/mol. The van der Waals surface area contributed by atoms with Crippen LogP contribution in [0.1, 0.15) is 56.8 Å². The molecule has 1 aromatic carbocycles. The number of primary amides is 1. The van der Waals surface area contributed by atoms with Crippen molar-refractivity contribution in [2.24, 2.45) is 23.0 Å². The highest BCUT2D eigenvalue weighted by Crippen LogP contribution is 2.44. The first-order chi connectivity index (χ1) is 15.7. The van der Waals surface area contributed by atoms with Crippen molar-refractivity contribution in [2.45, 2.75) is 52.1 Å². The fourth-order valence-electron chi connectivity index (χ4n) is 5.29. The summed E-state index contributed by atoms with van der Waals surface area (Å²) in [5.41, 5.74) is 5.77. The van der Waals surface area contributed by atoms with Crippen molar-refractivity contribution < 1.29 is 14.3 Å². The molecule has 2 saturated heterocycles. The number of anilines is 2. The number of benzene rings is 1. The van der Waals surface area contributed by atoms with Crippen molar-refractivity contribution in [3.05, 3.63) is 23.8 Å². The lowest BCUT2D eigenvalue weighted by Gasteiger charge is -2.39. The molecule has 0 aliphatic carbocycles. The van der Waals surface area contributed by atoms with Crippen LogP contribution in [-0.4, -0.2) is 61.8 Å². The van der Waals surface area contributed by atoms with Crippen LogP contribution in [0.5, 0.6) is 0 Å². The Balaban J connectivity index is 1.32. The van der Waals surface area contributed by atoms with Crippen LogP contribution < -0.4 is 21.7 Å². The second-order valence-corrected chi connectivity index (χ2v) is 10.9. The highest BCUT2D eigenvalue weighted by molar-refractivity contribution is 6.05. The first kappa shape index (κ1) is 23.8. The maximum absolute atomic E-state index is 13.0. The smallest absolute Gasteiger partial charge is 0.340 e. The van der Waals surface area contributed by atoms with Gasteiger partial charge < -0.3 is 31.3 Å². The zero-order valence-corrected chi connectivity index (χ0v) is 20.2. The average Bonchev–Trinajstić information content (AvgIpc) is 3.21. The standard InChI is InChI=1S/C25H39N5O3/c1-24(2,3)25(23(26)32)28-20-6-4-5-19(21(20)29-25)22(31)33-16-18-9-13-30(14-10-18)15-17-7-11-27-12-8-17/h4-6,17-18,27-29H,7-16H2,1-3H3,(H2,26,32). The topological polar surface area (TPSA) is 109 Å². The second kappa shape index (κ2) is 9.50. The Morgan fingerprint density at radius 1 is 1.09 bits per heavy atom. The lowest BCUT2D eigenvalue weighted by Crippen LogP contribution is -2.62. The van der Waals surface area contributed by atoms with Gasteiger partial charge in [0.2, 0.25) is 0 Å². The molecule has 1 aromatic rings. The zero-order chi connectivity index (χ0) is 23.6. The van der Waals surface area contributed by atoms with Crippen molar-refractivity contribution in [3.63, 3.8) is 0 Å². The second-order valence-electron chi connectivity index (χ2n) is 10.9. The van der Waals surface area contributed by atoms with Crippen LogP contribution >= 0.6 is 0 Å². The van der Waals surface area contributed by atoms with E-state index in [-0.39, 0.29) is 5.97 Å². The number of hydrogen-bond acceptors (Lipinski definition) is 7. The third-order valence-corrected chi connectivity index (χ3v) is 7.55. The van der Waals surface area contributed by atoms with Gasteiger partial charge in [-0.05, 0) is 75.8 Å². The number of esters is 1. The molecule has 0 radical (unpaired) electrons. The SMILES string of the molecule is CC(C)(C)C1(C(N)=O)Nc2cccc(C(=O)OCC3CCN(CC4CCNCC4)CC3)c2N1. The van der Waals surface area contributed by atoms with Gasteiger partial charge in [0.25, 0.3) is 5.91 Å². The van der Waals surface area contributed by atoms with Crippen LogP contribution in [0.25, 0.3) is 0 Å². The first-order valence-electron chi connectivity index (χ1n) is 12.3. The molecule has 4 rings (SSSR count). The molecule has 8 heteroatoms. The van der Waals surface area contributed by atoms with Crippen LogP contribution in [0.4, 0.5) is 11.4 Å². The first-order valence-corrected chi connectivity index (χ1v) is 12.3. The van der Waals surface area contributed by atoms with Crippen LogP contribution in [0.3, 0.4) is 0 Å². The molecular formula is C25H39N5O3. The zero-order valence-electron chi connectivity index (χ0n) is 20.2. The number of amides is 1. The molecule has 5 N–H and O–H groups in total. The molecule has 1 unspecified atom stereocenters. The Hall–Kier alpha value is -2.32. The fraction of sp³-hybridized carbons (Fsp3) is 0.680. The van der Waals surface area contributed by atoms with E-state index in [1.807, 2.05) is 26.8 Å². The number of carbonyl (C=O) groups is 2. The van der Waals surface area contributed by atoms with Gasteiger partial charge in [0.1, 0.15) is 0 Å². The largest absolute Gasteiger partial charge is 0.462 e. The van der Waals surface area contributed by atoms with E-state index in [4.69, 9.17) is 10.5 Å². The Kier molecular flexibility index (Phi) is 6.86. The molecule has 8 nitrogen and oxygen atoms in total. The Bertz CT molecular complexity index is 869. The lowest BCUT2D eigenvalue weighted by atomic mass is 9.80. The van der Waals surface area contributed by atoms with Crippen molar-refractivity contribution in [3.8, 4) is 0 Å². The van der Waals surface area contributed by atoms with Crippen molar-refractivity contribution in [1.29, 1.82) is 0 Å². The molecular weight excluding hydrogens is 418 g/mol. The van der Waals surface area contributed by atoms with Gasteiger partial charge >= 0.3 is 5.97 Å².